The summed E-state index contributed by atoms with van der Waals surface area (Å²) in [5.74, 6) is 0.839. The molecule has 1 saturated carbocycles. The van der Waals surface area contributed by atoms with Crippen LogP contribution in [0.4, 0.5) is 0 Å². The normalized spacial score (nSPS) is 24.5. The third-order valence-corrected chi connectivity index (χ3v) is 5.29. The summed E-state index contributed by atoms with van der Waals surface area (Å²) in [6, 6.07) is 0. The van der Waals surface area contributed by atoms with Crippen molar-refractivity contribution in [2.75, 3.05) is 38.6 Å². The summed E-state index contributed by atoms with van der Waals surface area (Å²) < 4.78 is 0. The standard InChI is InChI=1S/C15H29ClN2/c16-13-15(7-2-1-3-8-15)14-17-9-6-12-18-10-4-5-11-18/h17H,1-14H2. The van der Waals surface area contributed by atoms with E-state index in [0.717, 1.165) is 19.0 Å². The van der Waals surface area contributed by atoms with Crippen molar-refractivity contribution in [2.24, 2.45) is 5.41 Å². The Morgan fingerprint density at radius 1 is 1.00 bits per heavy atom. The Hall–Kier alpha value is 0.210. The molecule has 2 aliphatic rings. The van der Waals surface area contributed by atoms with Crippen LogP contribution in [0.1, 0.15) is 51.4 Å². The van der Waals surface area contributed by atoms with Crippen LogP contribution in [-0.4, -0.2) is 43.5 Å². The second-order valence-electron chi connectivity index (χ2n) is 6.27. The lowest BCUT2D eigenvalue weighted by atomic mass is 9.75. The van der Waals surface area contributed by atoms with E-state index in [1.807, 2.05) is 0 Å². The lowest BCUT2D eigenvalue weighted by Crippen LogP contribution is -2.38. The maximum Gasteiger partial charge on any atom is 0.0292 e. The molecule has 1 heterocycles. The first-order chi connectivity index (χ1) is 8.85. The van der Waals surface area contributed by atoms with E-state index in [1.54, 1.807) is 0 Å². The number of nitrogens with one attached hydrogen (secondary N) is 1. The summed E-state index contributed by atoms with van der Waals surface area (Å²) in [7, 11) is 0. The molecule has 106 valence electrons. The predicted octanol–water partition coefficient (Wildman–Crippen LogP) is 3.25. The maximum atomic E-state index is 6.21. The number of likely N-dealkylation sites (tertiary alicyclic amines) is 1. The number of nitrogens with zero attached hydrogens (tertiary/aromatic N) is 1. The van der Waals surface area contributed by atoms with E-state index in [1.165, 1.54) is 71.0 Å². The van der Waals surface area contributed by atoms with E-state index in [4.69, 9.17) is 11.6 Å². The van der Waals surface area contributed by atoms with Crippen LogP contribution in [0, 0.1) is 5.41 Å². The quantitative estimate of drug-likeness (QED) is 0.565. The van der Waals surface area contributed by atoms with Gasteiger partial charge in [-0.2, -0.15) is 0 Å². The van der Waals surface area contributed by atoms with Gasteiger partial charge in [0.15, 0.2) is 0 Å². The summed E-state index contributed by atoms with van der Waals surface area (Å²) in [6.45, 7) is 6.23. The van der Waals surface area contributed by atoms with E-state index >= 15 is 0 Å². The Bertz CT molecular complexity index is 221. The molecule has 0 spiro atoms. The number of hydrogen-bond acceptors (Lipinski definition) is 2. The van der Waals surface area contributed by atoms with Gasteiger partial charge in [-0.3, -0.25) is 0 Å². The van der Waals surface area contributed by atoms with Crippen molar-refractivity contribution < 1.29 is 0 Å². The molecule has 0 aromatic heterocycles. The van der Waals surface area contributed by atoms with Gasteiger partial charge in [0.2, 0.25) is 0 Å². The maximum absolute atomic E-state index is 6.21. The lowest BCUT2D eigenvalue weighted by molar-refractivity contribution is 0.211. The van der Waals surface area contributed by atoms with Crippen molar-refractivity contribution in [3.8, 4) is 0 Å². The molecule has 0 unspecified atom stereocenters. The molecule has 1 aliphatic heterocycles. The number of hydrogen-bond donors (Lipinski definition) is 1. The minimum absolute atomic E-state index is 0.410. The summed E-state index contributed by atoms with van der Waals surface area (Å²) in [6.07, 6.45) is 10.9. The molecule has 0 aromatic carbocycles. The highest BCUT2D eigenvalue weighted by atomic mass is 35.5. The molecular formula is C15H29ClN2. The molecule has 2 fully saturated rings. The molecule has 1 N–H and O–H groups in total. The summed E-state index contributed by atoms with van der Waals surface area (Å²) in [4.78, 5) is 2.60. The molecule has 1 aliphatic carbocycles. The van der Waals surface area contributed by atoms with Gasteiger partial charge in [0.25, 0.3) is 0 Å². The van der Waals surface area contributed by atoms with E-state index in [2.05, 4.69) is 10.2 Å². The Balaban J connectivity index is 1.55. The van der Waals surface area contributed by atoms with Gasteiger partial charge in [-0.25, -0.2) is 0 Å². The van der Waals surface area contributed by atoms with Gasteiger partial charge in [0, 0.05) is 12.4 Å². The largest absolute Gasteiger partial charge is 0.316 e. The summed E-state index contributed by atoms with van der Waals surface area (Å²) >= 11 is 6.21. The Kier molecular flexibility index (Phi) is 6.26. The number of rotatable bonds is 7. The van der Waals surface area contributed by atoms with Crippen molar-refractivity contribution in [1.29, 1.82) is 0 Å². The molecule has 3 heteroatoms. The van der Waals surface area contributed by atoms with Crippen molar-refractivity contribution in [3.05, 3.63) is 0 Å². The molecule has 0 aromatic rings. The van der Waals surface area contributed by atoms with Gasteiger partial charge < -0.3 is 10.2 Å². The first kappa shape index (κ1) is 14.6. The average Bonchev–Trinajstić information content (AvgIpc) is 2.93. The first-order valence-corrected chi connectivity index (χ1v) is 8.37. The summed E-state index contributed by atoms with van der Waals surface area (Å²) in [5.41, 5.74) is 0.410. The van der Waals surface area contributed by atoms with E-state index in [9.17, 15) is 0 Å². The number of alkyl halides is 1. The molecule has 2 rings (SSSR count). The Morgan fingerprint density at radius 3 is 2.39 bits per heavy atom. The lowest BCUT2D eigenvalue weighted by Gasteiger charge is -2.35. The van der Waals surface area contributed by atoms with Crippen molar-refractivity contribution in [1.82, 2.24) is 10.2 Å². The predicted molar refractivity (Wildman–Crippen MR) is 79.4 cm³/mol. The van der Waals surface area contributed by atoms with Crippen LogP contribution < -0.4 is 5.32 Å². The zero-order valence-electron chi connectivity index (χ0n) is 11.7. The molecule has 0 radical (unpaired) electrons. The average molecular weight is 273 g/mol. The molecule has 0 amide bonds. The van der Waals surface area contributed by atoms with Gasteiger partial charge >= 0.3 is 0 Å². The monoisotopic (exact) mass is 272 g/mol. The zero-order valence-corrected chi connectivity index (χ0v) is 12.5. The van der Waals surface area contributed by atoms with Crippen LogP contribution in [-0.2, 0) is 0 Å². The summed E-state index contributed by atoms with van der Waals surface area (Å²) in [5, 5.41) is 3.66. The van der Waals surface area contributed by atoms with Crippen LogP contribution in [0.5, 0.6) is 0 Å². The minimum atomic E-state index is 0.410. The molecule has 2 nitrogen and oxygen atoms in total. The van der Waals surface area contributed by atoms with Crippen LogP contribution in [0.15, 0.2) is 0 Å². The van der Waals surface area contributed by atoms with Gasteiger partial charge in [0.1, 0.15) is 0 Å². The highest BCUT2D eigenvalue weighted by Gasteiger charge is 2.30. The molecule has 0 atom stereocenters. The van der Waals surface area contributed by atoms with E-state index in [-0.39, 0.29) is 0 Å². The molecule has 1 saturated heterocycles. The van der Waals surface area contributed by atoms with E-state index < -0.39 is 0 Å². The van der Waals surface area contributed by atoms with Gasteiger partial charge in [-0.05, 0) is 63.7 Å². The molecular weight excluding hydrogens is 244 g/mol. The number of halogens is 1. The van der Waals surface area contributed by atoms with Gasteiger partial charge in [0.05, 0.1) is 0 Å². The topological polar surface area (TPSA) is 15.3 Å². The minimum Gasteiger partial charge on any atom is -0.316 e. The Labute approximate surface area is 117 Å². The molecule has 0 bridgehead atoms. The van der Waals surface area contributed by atoms with Crippen molar-refractivity contribution in [3.63, 3.8) is 0 Å². The second-order valence-corrected chi connectivity index (χ2v) is 6.54. The third kappa shape index (κ3) is 4.40. The second kappa shape index (κ2) is 7.72. The highest BCUT2D eigenvalue weighted by molar-refractivity contribution is 6.18. The van der Waals surface area contributed by atoms with Crippen molar-refractivity contribution in [2.45, 2.75) is 51.4 Å². The van der Waals surface area contributed by atoms with Crippen LogP contribution in [0.25, 0.3) is 0 Å². The van der Waals surface area contributed by atoms with Crippen LogP contribution in [0.3, 0.4) is 0 Å². The van der Waals surface area contributed by atoms with Gasteiger partial charge in [-0.15, -0.1) is 11.6 Å². The smallest absolute Gasteiger partial charge is 0.0292 e. The highest BCUT2D eigenvalue weighted by Crippen LogP contribution is 2.36. The fraction of sp³-hybridized carbons (Fsp3) is 1.00. The third-order valence-electron chi connectivity index (χ3n) is 4.72. The van der Waals surface area contributed by atoms with Crippen LogP contribution >= 0.6 is 11.6 Å². The Morgan fingerprint density at radius 2 is 1.72 bits per heavy atom. The van der Waals surface area contributed by atoms with Crippen molar-refractivity contribution >= 4 is 11.6 Å². The zero-order chi connectivity index (χ0) is 12.7. The molecule has 18 heavy (non-hydrogen) atoms. The first-order valence-electron chi connectivity index (χ1n) is 7.84. The fourth-order valence-corrected chi connectivity index (χ4v) is 3.81. The van der Waals surface area contributed by atoms with Crippen LogP contribution in [0.2, 0.25) is 0 Å². The fourth-order valence-electron chi connectivity index (χ4n) is 3.45. The van der Waals surface area contributed by atoms with Gasteiger partial charge in [-0.1, -0.05) is 19.3 Å². The van der Waals surface area contributed by atoms with E-state index in [0.29, 0.717) is 5.41 Å². The SMILES string of the molecule is ClCC1(CNCCCN2CCCC2)CCCCC1.